The van der Waals surface area contributed by atoms with Gasteiger partial charge in [-0.15, -0.1) is 0 Å². The number of nitriles is 1. The van der Waals surface area contributed by atoms with Crippen LogP contribution in [0.15, 0.2) is 36.5 Å². The molecule has 33 heavy (non-hydrogen) atoms. The lowest BCUT2D eigenvalue weighted by atomic mass is 10.1. The van der Waals surface area contributed by atoms with Crippen LogP contribution in [0.1, 0.15) is 32.8 Å². The van der Waals surface area contributed by atoms with E-state index in [9.17, 15) is 9.59 Å². The van der Waals surface area contributed by atoms with E-state index in [2.05, 4.69) is 16.3 Å². The number of piperazine rings is 1. The van der Waals surface area contributed by atoms with Gasteiger partial charge in [0.15, 0.2) is 0 Å². The van der Waals surface area contributed by atoms with Crippen LogP contribution in [0.3, 0.4) is 0 Å². The molecule has 0 spiro atoms. The number of carbonyl (C=O) groups is 2. The highest BCUT2D eigenvalue weighted by atomic mass is 16.6. The molecule has 0 bridgehead atoms. The lowest BCUT2D eigenvalue weighted by Gasteiger charge is -2.35. The number of aryl methyl sites for hydroxylation is 1. The molecule has 2 heterocycles. The van der Waals surface area contributed by atoms with Crippen molar-refractivity contribution in [2.45, 2.75) is 39.3 Å². The minimum atomic E-state index is -0.489. The first-order chi connectivity index (χ1) is 15.8. The molecular formula is C25H33N5O3. The smallest absolute Gasteiger partial charge is 0.410 e. The molecule has 176 valence electrons. The van der Waals surface area contributed by atoms with Gasteiger partial charge in [0.25, 0.3) is 0 Å². The van der Waals surface area contributed by atoms with Crippen LogP contribution >= 0.6 is 0 Å². The van der Waals surface area contributed by atoms with Crippen molar-refractivity contribution in [3.63, 3.8) is 0 Å². The molecule has 8 nitrogen and oxygen atoms in total. The van der Waals surface area contributed by atoms with Crippen molar-refractivity contribution in [1.82, 2.24) is 19.7 Å². The third kappa shape index (κ3) is 7.09. The molecule has 1 aliphatic rings. The summed E-state index contributed by atoms with van der Waals surface area (Å²) in [5, 5.41) is 12.9. The molecule has 0 atom stereocenters. The molecule has 3 rings (SSSR count). The Balaban J connectivity index is 1.44. The average Bonchev–Trinajstić information content (AvgIpc) is 3.13. The SMILES string of the molecule is CC(C)(C)OC(=O)N1CCN(CCNC(=O)/C=C/c2cn(CCC#N)c3ccccc23)CC1. The number of amides is 2. The van der Waals surface area contributed by atoms with Gasteiger partial charge in [-0.2, -0.15) is 5.26 Å². The van der Waals surface area contributed by atoms with Crippen LogP contribution < -0.4 is 5.32 Å². The predicted octanol–water partition coefficient (Wildman–Crippen LogP) is 3.24. The quantitative estimate of drug-likeness (QED) is 0.653. The molecule has 2 aromatic rings. The van der Waals surface area contributed by atoms with Gasteiger partial charge < -0.3 is 19.5 Å². The fourth-order valence-electron chi connectivity index (χ4n) is 3.81. The van der Waals surface area contributed by atoms with Crippen LogP contribution in [0, 0.1) is 11.3 Å². The molecule has 1 aliphatic heterocycles. The van der Waals surface area contributed by atoms with Crippen molar-refractivity contribution in [2.75, 3.05) is 39.3 Å². The van der Waals surface area contributed by atoms with Crippen LogP contribution in [0.5, 0.6) is 0 Å². The second-order valence-corrected chi connectivity index (χ2v) is 9.14. The Morgan fingerprint density at radius 2 is 1.88 bits per heavy atom. The number of nitrogens with zero attached hydrogens (tertiary/aromatic N) is 4. The lowest BCUT2D eigenvalue weighted by molar-refractivity contribution is -0.116. The van der Waals surface area contributed by atoms with E-state index in [0.717, 1.165) is 36.1 Å². The monoisotopic (exact) mass is 451 g/mol. The van der Waals surface area contributed by atoms with E-state index in [-0.39, 0.29) is 12.0 Å². The van der Waals surface area contributed by atoms with Crippen molar-refractivity contribution >= 4 is 29.0 Å². The van der Waals surface area contributed by atoms with E-state index < -0.39 is 5.60 Å². The maximum atomic E-state index is 12.3. The largest absolute Gasteiger partial charge is 0.444 e. The molecule has 1 fully saturated rings. The van der Waals surface area contributed by atoms with E-state index in [1.807, 2.05) is 61.9 Å². The second kappa shape index (κ2) is 11.0. The highest BCUT2D eigenvalue weighted by molar-refractivity contribution is 5.96. The summed E-state index contributed by atoms with van der Waals surface area (Å²) in [5.41, 5.74) is 1.52. The minimum Gasteiger partial charge on any atom is -0.444 e. The van der Waals surface area contributed by atoms with E-state index in [1.165, 1.54) is 0 Å². The van der Waals surface area contributed by atoms with Crippen molar-refractivity contribution in [1.29, 1.82) is 5.26 Å². The number of para-hydroxylation sites is 1. The molecule has 1 saturated heterocycles. The van der Waals surface area contributed by atoms with E-state index in [0.29, 0.717) is 32.6 Å². The van der Waals surface area contributed by atoms with Gasteiger partial charge in [-0.05, 0) is 32.9 Å². The van der Waals surface area contributed by atoms with E-state index in [4.69, 9.17) is 10.00 Å². The van der Waals surface area contributed by atoms with Crippen LogP contribution in [0.4, 0.5) is 4.79 Å². The van der Waals surface area contributed by atoms with Gasteiger partial charge in [0, 0.05) is 74.6 Å². The highest BCUT2D eigenvalue weighted by Gasteiger charge is 2.25. The third-order valence-electron chi connectivity index (χ3n) is 5.45. The molecule has 8 heteroatoms. The van der Waals surface area contributed by atoms with Gasteiger partial charge >= 0.3 is 6.09 Å². The Labute approximate surface area is 195 Å². The van der Waals surface area contributed by atoms with Gasteiger partial charge in [-0.25, -0.2) is 4.79 Å². The Morgan fingerprint density at radius 3 is 2.58 bits per heavy atom. The molecule has 0 aliphatic carbocycles. The van der Waals surface area contributed by atoms with E-state index >= 15 is 0 Å². The molecule has 0 radical (unpaired) electrons. The second-order valence-electron chi connectivity index (χ2n) is 9.14. The summed E-state index contributed by atoms with van der Waals surface area (Å²) in [6, 6.07) is 10.2. The normalized spacial score (nSPS) is 15.0. The van der Waals surface area contributed by atoms with Crippen LogP contribution in [0.25, 0.3) is 17.0 Å². The summed E-state index contributed by atoms with van der Waals surface area (Å²) in [6.07, 6.45) is 5.52. The lowest BCUT2D eigenvalue weighted by Crippen LogP contribution is -2.51. The predicted molar refractivity (Wildman–Crippen MR) is 128 cm³/mol. The van der Waals surface area contributed by atoms with Gasteiger partial charge in [-0.3, -0.25) is 9.69 Å². The molecule has 1 aromatic heterocycles. The number of hydrogen-bond acceptors (Lipinski definition) is 5. The first-order valence-electron chi connectivity index (χ1n) is 11.4. The first kappa shape index (κ1) is 24.3. The summed E-state index contributed by atoms with van der Waals surface area (Å²) in [7, 11) is 0. The van der Waals surface area contributed by atoms with Crippen LogP contribution in [0.2, 0.25) is 0 Å². The maximum absolute atomic E-state index is 12.3. The Morgan fingerprint density at radius 1 is 1.15 bits per heavy atom. The fourth-order valence-corrected chi connectivity index (χ4v) is 3.81. The summed E-state index contributed by atoms with van der Waals surface area (Å²) in [5.74, 6) is -0.142. The Bertz CT molecular complexity index is 1040. The Hall–Kier alpha value is -3.31. The maximum Gasteiger partial charge on any atom is 0.410 e. The number of nitrogens with one attached hydrogen (secondary N) is 1. The van der Waals surface area contributed by atoms with Crippen molar-refractivity contribution in [3.05, 3.63) is 42.1 Å². The number of benzene rings is 1. The van der Waals surface area contributed by atoms with Crippen LogP contribution in [-0.2, 0) is 16.1 Å². The molecular weight excluding hydrogens is 418 g/mol. The number of aromatic nitrogens is 1. The van der Waals surface area contributed by atoms with Gasteiger partial charge in [-0.1, -0.05) is 18.2 Å². The van der Waals surface area contributed by atoms with Gasteiger partial charge in [0.2, 0.25) is 5.91 Å². The summed E-state index contributed by atoms with van der Waals surface area (Å²) < 4.78 is 7.47. The fraction of sp³-hybridized carbons (Fsp3) is 0.480. The minimum absolute atomic E-state index is 0.142. The van der Waals surface area contributed by atoms with Crippen molar-refractivity contribution in [2.24, 2.45) is 0 Å². The molecule has 1 aromatic carbocycles. The van der Waals surface area contributed by atoms with Crippen molar-refractivity contribution < 1.29 is 14.3 Å². The zero-order valence-corrected chi connectivity index (χ0v) is 19.7. The summed E-state index contributed by atoms with van der Waals surface area (Å²) in [4.78, 5) is 28.4. The molecule has 2 amide bonds. The topological polar surface area (TPSA) is 90.6 Å². The van der Waals surface area contributed by atoms with Crippen LogP contribution in [-0.4, -0.2) is 71.2 Å². The summed E-state index contributed by atoms with van der Waals surface area (Å²) >= 11 is 0. The third-order valence-corrected chi connectivity index (χ3v) is 5.45. The summed E-state index contributed by atoms with van der Waals surface area (Å²) in [6.45, 7) is 10.3. The van der Waals surface area contributed by atoms with Crippen molar-refractivity contribution in [3.8, 4) is 6.07 Å². The number of fused-ring (bicyclic) bond motifs is 1. The standard InChI is InChI=1S/C25H33N5O3/c1-25(2,3)33-24(32)29-17-15-28(16-18-29)14-12-27-23(31)10-9-20-19-30(13-6-11-26)22-8-5-4-7-21(20)22/h4-5,7-10,19H,6,12-18H2,1-3H3,(H,27,31)/b10-9+. The Kier molecular flexibility index (Phi) is 8.12. The first-order valence-corrected chi connectivity index (χ1v) is 11.4. The van der Waals surface area contributed by atoms with Gasteiger partial charge in [0.05, 0.1) is 12.5 Å². The molecule has 1 N–H and O–H groups in total. The number of rotatable bonds is 7. The number of carbonyl (C=O) groups excluding carboxylic acids is 2. The number of ether oxygens (including phenoxy) is 1. The molecule has 0 saturated carbocycles. The van der Waals surface area contributed by atoms with Gasteiger partial charge in [0.1, 0.15) is 5.60 Å². The highest BCUT2D eigenvalue weighted by Crippen LogP contribution is 2.22. The zero-order chi connectivity index (χ0) is 23.8. The number of hydrogen-bond donors (Lipinski definition) is 1. The average molecular weight is 452 g/mol. The molecule has 0 unspecified atom stereocenters. The van der Waals surface area contributed by atoms with E-state index in [1.54, 1.807) is 11.0 Å². The zero-order valence-electron chi connectivity index (χ0n) is 19.7.